The number of aromatic nitrogens is 4. The second-order valence-electron chi connectivity index (χ2n) is 6.48. The van der Waals surface area contributed by atoms with Gasteiger partial charge in [-0.3, -0.25) is 4.98 Å². The minimum atomic E-state index is -4.67. The van der Waals surface area contributed by atoms with E-state index in [1.165, 1.54) is 0 Å². The van der Waals surface area contributed by atoms with Gasteiger partial charge in [-0.25, -0.2) is 14.4 Å². The molecule has 0 bridgehead atoms. The predicted molar refractivity (Wildman–Crippen MR) is 98.7 cm³/mol. The lowest BCUT2D eigenvalue weighted by Gasteiger charge is -2.09. The van der Waals surface area contributed by atoms with Gasteiger partial charge in [0.1, 0.15) is 23.2 Å². The number of hydrogen-bond donors (Lipinski definition) is 2. The van der Waals surface area contributed by atoms with Crippen LogP contribution in [0.25, 0.3) is 33.9 Å². The molecule has 29 heavy (non-hydrogen) atoms. The Kier molecular flexibility index (Phi) is 3.67. The molecule has 1 aromatic carbocycles. The molecule has 1 aliphatic rings. The smallest absolute Gasteiger partial charge is 0.338 e. The fourth-order valence-corrected chi connectivity index (χ4v) is 3.33. The van der Waals surface area contributed by atoms with E-state index in [0.717, 1.165) is 17.7 Å². The second kappa shape index (κ2) is 6.13. The van der Waals surface area contributed by atoms with Gasteiger partial charge in [0.15, 0.2) is 0 Å². The van der Waals surface area contributed by atoms with Crippen LogP contribution in [-0.2, 0) is 6.18 Å². The third-order valence-electron chi connectivity index (χ3n) is 4.61. The van der Waals surface area contributed by atoms with E-state index < -0.39 is 17.6 Å². The molecule has 3 aromatic heterocycles. The van der Waals surface area contributed by atoms with Crippen LogP contribution in [0, 0.1) is 5.82 Å². The van der Waals surface area contributed by atoms with Crippen LogP contribution in [0.3, 0.4) is 0 Å². The van der Waals surface area contributed by atoms with Gasteiger partial charge < -0.3 is 10.3 Å². The summed E-state index contributed by atoms with van der Waals surface area (Å²) in [6.45, 7) is 0. The highest BCUT2D eigenvalue weighted by molar-refractivity contribution is 5.95. The van der Waals surface area contributed by atoms with Gasteiger partial charge >= 0.3 is 6.18 Å². The minimum Gasteiger partial charge on any atom is -0.338 e. The molecule has 144 valence electrons. The standard InChI is InChI=1S/C20H11F4N5/c21-12-7-10(6-11(8-12)20(22,23)24)18-28-16-13-3-5-25-9-15(13)27-19-14(17(16)29-18)2-1-4-26-19/h1-9H,(H,26,27)(H,28,29). The first-order chi connectivity index (χ1) is 13.9. The maximum absolute atomic E-state index is 13.9. The average Bonchev–Trinajstić information content (AvgIpc) is 3.08. The van der Waals surface area contributed by atoms with Gasteiger partial charge in [-0.15, -0.1) is 0 Å². The predicted octanol–water partition coefficient (Wildman–Crippen LogP) is 5.42. The highest BCUT2D eigenvalue weighted by Gasteiger charge is 2.32. The Morgan fingerprint density at radius 3 is 2.66 bits per heavy atom. The molecule has 0 radical (unpaired) electrons. The summed E-state index contributed by atoms with van der Waals surface area (Å²) in [5, 5.41) is 3.19. The minimum absolute atomic E-state index is 0.000552. The van der Waals surface area contributed by atoms with Crippen LogP contribution < -0.4 is 5.32 Å². The molecule has 0 aliphatic carbocycles. The molecule has 0 atom stereocenters. The zero-order valence-electron chi connectivity index (χ0n) is 14.5. The molecule has 2 N–H and O–H groups in total. The fourth-order valence-electron chi connectivity index (χ4n) is 3.33. The van der Waals surface area contributed by atoms with Gasteiger partial charge in [0.2, 0.25) is 0 Å². The number of fused-ring (bicyclic) bond motifs is 5. The lowest BCUT2D eigenvalue weighted by molar-refractivity contribution is -0.137. The summed E-state index contributed by atoms with van der Waals surface area (Å²) < 4.78 is 53.3. The quantitative estimate of drug-likeness (QED) is 0.371. The summed E-state index contributed by atoms with van der Waals surface area (Å²) in [5.41, 5.74) is 2.05. The van der Waals surface area contributed by atoms with Crippen molar-refractivity contribution in [1.82, 2.24) is 19.9 Å². The number of halogens is 4. The second-order valence-corrected chi connectivity index (χ2v) is 6.48. The first kappa shape index (κ1) is 17.4. The third-order valence-corrected chi connectivity index (χ3v) is 4.61. The van der Waals surface area contributed by atoms with Crippen LogP contribution in [0.4, 0.5) is 29.1 Å². The summed E-state index contributed by atoms with van der Waals surface area (Å²) in [4.78, 5) is 16.0. The van der Waals surface area contributed by atoms with Gasteiger partial charge in [0.05, 0.1) is 23.1 Å². The van der Waals surface area contributed by atoms with Crippen LogP contribution in [0.1, 0.15) is 5.56 Å². The Balaban J connectivity index is 1.76. The van der Waals surface area contributed by atoms with E-state index in [1.54, 1.807) is 36.8 Å². The monoisotopic (exact) mass is 397 g/mol. The highest BCUT2D eigenvalue weighted by atomic mass is 19.4. The van der Waals surface area contributed by atoms with Gasteiger partial charge in [0.25, 0.3) is 0 Å². The van der Waals surface area contributed by atoms with Crippen LogP contribution in [0.2, 0.25) is 0 Å². The molecule has 0 unspecified atom stereocenters. The zero-order chi connectivity index (χ0) is 20.2. The molecular formula is C20H11F4N5. The molecule has 1 aliphatic heterocycles. The Bertz CT molecular complexity index is 1180. The van der Waals surface area contributed by atoms with Gasteiger partial charge in [-0.2, -0.15) is 13.2 Å². The maximum Gasteiger partial charge on any atom is 0.416 e. The summed E-state index contributed by atoms with van der Waals surface area (Å²) in [7, 11) is 0. The molecule has 4 heterocycles. The van der Waals surface area contributed by atoms with E-state index in [1.807, 2.05) is 0 Å². The molecule has 9 heteroatoms. The van der Waals surface area contributed by atoms with Crippen molar-refractivity contribution in [3.8, 4) is 33.9 Å². The van der Waals surface area contributed by atoms with Gasteiger partial charge in [0, 0.05) is 29.1 Å². The summed E-state index contributed by atoms with van der Waals surface area (Å²) >= 11 is 0. The van der Waals surface area contributed by atoms with E-state index in [-0.39, 0.29) is 11.4 Å². The molecule has 5 nitrogen and oxygen atoms in total. The summed E-state index contributed by atoms with van der Waals surface area (Å²) in [6.07, 6.45) is 0.160. The average molecular weight is 397 g/mol. The normalized spacial score (nSPS) is 12.4. The number of nitrogens with one attached hydrogen (secondary N) is 2. The van der Waals surface area contributed by atoms with Gasteiger partial charge in [-0.1, -0.05) is 0 Å². The van der Waals surface area contributed by atoms with Crippen LogP contribution in [0.5, 0.6) is 0 Å². The molecule has 0 amide bonds. The molecule has 4 aromatic rings. The number of benzene rings is 1. The van der Waals surface area contributed by atoms with E-state index in [0.29, 0.717) is 34.5 Å². The molecule has 5 rings (SSSR count). The van der Waals surface area contributed by atoms with Crippen molar-refractivity contribution >= 4 is 11.5 Å². The highest BCUT2D eigenvalue weighted by Crippen LogP contribution is 2.43. The molecule has 0 saturated heterocycles. The topological polar surface area (TPSA) is 66.5 Å². The Morgan fingerprint density at radius 1 is 0.966 bits per heavy atom. The molecule has 0 spiro atoms. The van der Waals surface area contributed by atoms with Crippen molar-refractivity contribution in [3.63, 3.8) is 0 Å². The molecule has 0 saturated carbocycles. The summed E-state index contributed by atoms with van der Waals surface area (Å²) in [5.74, 6) is -0.331. The number of alkyl halides is 3. The first-order valence-corrected chi connectivity index (χ1v) is 8.55. The number of nitrogens with zero attached hydrogens (tertiary/aromatic N) is 3. The Morgan fingerprint density at radius 2 is 1.83 bits per heavy atom. The number of imidazole rings is 1. The van der Waals surface area contributed by atoms with E-state index in [9.17, 15) is 17.6 Å². The first-order valence-electron chi connectivity index (χ1n) is 8.55. The fraction of sp³-hybridized carbons (Fsp3) is 0.0500. The lowest BCUT2D eigenvalue weighted by Crippen LogP contribution is -2.05. The molecular weight excluding hydrogens is 386 g/mol. The SMILES string of the molecule is Fc1cc(-c2nc3c([nH]2)-c2ccncc2Nc2ncccc2-3)cc(C(F)(F)F)c1. The largest absolute Gasteiger partial charge is 0.416 e. The number of anilines is 2. The Hall–Kier alpha value is -3.75. The van der Waals surface area contributed by atoms with Crippen LogP contribution >= 0.6 is 0 Å². The number of pyridine rings is 2. The number of H-pyrrole nitrogens is 1. The van der Waals surface area contributed by atoms with E-state index in [2.05, 4.69) is 25.3 Å². The van der Waals surface area contributed by atoms with Crippen molar-refractivity contribution < 1.29 is 17.6 Å². The van der Waals surface area contributed by atoms with Crippen molar-refractivity contribution in [1.29, 1.82) is 0 Å². The van der Waals surface area contributed by atoms with E-state index >= 15 is 0 Å². The van der Waals surface area contributed by atoms with Gasteiger partial charge in [-0.05, 0) is 36.4 Å². The summed E-state index contributed by atoms with van der Waals surface area (Å²) in [6, 6.07) is 7.63. The van der Waals surface area contributed by atoms with Crippen molar-refractivity contribution in [2.75, 3.05) is 5.32 Å². The third kappa shape index (κ3) is 2.91. The van der Waals surface area contributed by atoms with Crippen LogP contribution in [0.15, 0.2) is 55.0 Å². The van der Waals surface area contributed by atoms with Crippen molar-refractivity contribution in [3.05, 3.63) is 66.4 Å². The lowest BCUT2D eigenvalue weighted by atomic mass is 10.1. The van der Waals surface area contributed by atoms with E-state index in [4.69, 9.17) is 0 Å². The zero-order valence-corrected chi connectivity index (χ0v) is 14.5. The number of rotatable bonds is 1. The number of hydrogen-bond acceptors (Lipinski definition) is 4. The van der Waals surface area contributed by atoms with Crippen molar-refractivity contribution in [2.45, 2.75) is 6.18 Å². The van der Waals surface area contributed by atoms with Crippen molar-refractivity contribution in [2.24, 2.45) is 0 Å². The Labute approximate surface area is 161 Å². The van der Waals surface area contributed by atoms with Crippen LogP contribution in [-0.4, -0.2) is 19.9 Å². The molecule has 0 fully saturated rings. The maximum atomic E-state index is 13.9. The number of aromatic amines is 1.